The summed E-state index contributed by atoms with van der Waals surface area (Å²) >= 11 is 0. The molecule has 0 saturated heterocycles. The van der Waals surface area contributed by atoms with Crippen molar-refractivity contribution in [1.82, 2.24) is 9.78 Å². The fraction of sp³-hybridized carbons (Fsp3) is 0.174. The second-order valence-corrected chi connectivity index (χ2v) is 6.96. The predicted molar refractivity (Wildman–Crippen MR) is 109 cm³/mol. The smallest absolute Gasteiger partial charge is 0.123 e. The molecule has 0 aliphatic rings. The zero-order chi connectivity index (χ0) is 19.5. The molecule has 0 spiro atoms. The zero-order valence-corrected chi connectivity index (χ0v) is 15.6. The van der Waals surface area contributed by atoms with E-state index in [1.54, 1.807) is 23.0 Å². The molecule has 2 N–H and O–H groups in total. The van der Waals surface area contributed by atoms with E-state index in [-0.39, 0.29) is 18.0 Å². The van der Waals surface area contributed by atoms with Crippen molar-refractivity contribution in [3.05, 3.63) is 90.4 Å². The molecule has 0 saturated carbocycles. The minimum atomic E-state index is -0.267. The van der Waals surface area contributed by atoms with Gasteiger partial charge in [0, 0.05) is 17.8 Å². The number of rotatable bonds is 6. The second kappa shape index (κ2) is 7.82. The predicted octanol–water partition coefficient (Wildman–Crippen LogP) is 4.50. The fourth-order valence-corrected chi connectivity index (χ4v) is 3.23. The van der Waals surface area contributed by atoms with Gasteiger partial charge in [0.05, 0.1) is 17.4 Å². The maximum Gasteiger partial charge on any atom is 0.123 e. The van der Waals surface area contributed by atoms with Crippen LogP contribution in [0.3, 0.4) is 0 Å². The van der Waals surface area contributed by atoms with E-state index in [4.69, 9.17) is 10.5 Å². The summed E-state index contributed by atoms with van der Waals surface area (Å²) in [5, 5.41) is 5.38. The van der Waals surface area contributed by atoms with Crippen LogP contribution >= 0.6 is 0 Å². The molecule has 1 heterocycles. The van der Waals surface area contributed by atoms with Crippen molar-refractivity contribution in [2.75, 3.05) is 0 Å². The molecule has 0 bridgehead atoms. The van der Waals surface area contributed by atoms with Crippen LogP contribution in [0.25, 0.3) is 16.6 Å². The minimum Gasteiger partial charge on any atom is -0.488 e. The van der Waals surface area contributed by atoms with Gasteiger partial charge in [-0.05, 0) is 55.0 Å². The Morgan fingerprint density at radius 3 is 2.50 bits per heavy atom. The lowest BCUT2D eigenvalue weighted by atomic mass is 10.0. The molecule has 1 aromatic heterocycles. The SMILES string of the molecule is C[C@H](N)[C@@H](Cc1ccccc1)Oc1ccc2c(cnn2-c2ccc(F)cc2)c1. The van der Waals surface area contributed by atoms with E-state index >= 15 is 0 Å². The second-order valence-electron chi connectivity index (χ2n) is 6.96. The molecular weight excluding hydrogens is 353 g/mol. The molecule has 0 aliphatic heterocycles. The minimum absolute atomic E-state index is 0.113. The molecular formula is C23H22FN3O. The fourth-order valence-electron chi connectivity index (χ4n) is 3.23. The van der Waals surface area contributed by atoms with E-state index in [0.29, 0.717) is 0 Å². The van der Waals surface area contributed by atoms with Crippen LogP contribution < -0.4 is 10.5 Å². The Hall–Kier alpha value is -3.18. The number of hydrogen-bond acceptors (Lipinski definition) is 3. The lowest BCUT2D eigenvalue weighted by Crippen LogP contribution is -2.38. The largest absolute Gasteiger partial charge is 0.488 e. The number of nitrogens with two attached hydrogens (primary N) is 1. The van der Waals surface area contributed by atoms with Gasteiger partial charge < -0.3 is 10.5 Å². The highest BCUT2D eigenvalue weighted by atomic mass is 19.1. The van der Waals surface area contributed by atoms with Crippen molar-refractivity contribution in [3.63, 3.8) is 0 Å². The molecule has 0 fully saturated rings. The van der Waals surface area contributed by atoms with Crippen LogP contribution in [0.1, 0.15) is 12.5 Å². The molecule has 4 rings (SSSR count). The van der Waals surface area contributed by atoms with E-state index in [9.17, 15) is 4.39 Å². The first-order valence-electron chi connectivity index (χ1n) is 9.30. The standard InChI is InChI=1S/C23H22FN3O/c1-16(25)23(13-17-5-3-2-4-6-17)28-21-11-12-22-18(14-21)15-26-27(22)20-9-7-19(24)8-10-20/h2-12,14-16,23H,13,25H2,1H3/t16-,23+/m0/s1. The quantitative estimate of drug-likeness (QED) is 0.540. The third-order valence-electron chi connectivity index (χ3n) is 4.76. The first-order chi connectivity index (χ1) is 13.6. The van der Waals surface area contributed by atoms with Crippen LogP contribution in [0.4, 0.5) is 4.39 Å². The Morgan fingerprint density at radius 2 is 1.79 bits per heavy atom. The number of halogens is 1. The normalized spacial score (nSPS) is 13.4. The number of fused-ring (bicyclic) bond motifs is 1. The van der Waals surface area contributed by atoms with Crippen molar-refractivity contribution in [2.45, 2.75) is 25.5 Å². The molecule has 4 nitrogen and oxygen atoms in total. The van der Waals surface area contributed by atoms with Gasteiger partial charge in [0.15, 0.2) is 0 Å². The van der Waals surface area contributed by atoms with Crippen molar-refractivity contribution >= 4 is 10.9 Å². The Morgan fingerprint density at radius 1 is 1.04 bits per heavy atom. The highest BCUT2D eigenvalue weighted by Gasteiger charge is 2.17. The third-order valence-corrected chi connectivity index (χ3v) is 4.76. The molecule has 28 heavy (non-hydrogen) atoms. The number of ether oxygens (including phenoxy) is 1. The van der Waals surface area contributed by atoms with Crippen molar-refractivity contribution < 1.29 is 9.13 Å². The van der Waals surface area contributed by atoms with Gasteiger partial charge in [-0.25, -0.2) is 9.07 Å². The van der Waals surface area contributed by atoms with Crippen LogP contribution in [0.2, 0.25) is 0 Å². The molecule has 0 aliphatic carbocycles. The van der Waals surface area contributed by atoms with Gasteiger partial charge >= 0.3 is 0 Å². The Kier molecular flexibility index (Phi) is 5.08. The monoisotopic (exact) mass is 375 g/mol. The summed E-state index contributed by atoms with van der Waals surface area (Å²) in [6.45, 7) is 1.96. The molecule has 0 unspecified atom stereocenters. The lowest BCUT2D eigenvalue weighted by Gasteiger charge is -2.23. The molecule has 0 amide bonds. The van der Waals surface area contributed by atoms with Gasteiger partial charge in [0.25, 0.3) is 0 Å². The first kappa shape index (κ1) is 18.2. The number of benzene rings is 3. The molecule has 5 heteroatoms. The van der Waals surface area contributed by atoms with Gasteiger partial charge in [-0.2, -0.15) is 5.10 Å². The molecule has 142 valence electrons. The summed E-state index contributed by atoms with van der Waals surface area (Å²) in [7, 11) is 0. The third kappa shape index (κ3) is 3.89. The van der Waals surface area contributed by atoms with Crippen LogP contribution in [0.15, 0.2) is 79.0 Å². The summed E-state index contributed by atoms with van der Waals surface area (Å²) in [5.41, 5.74) is 9.09. The van der Waals surface area contributed by atoms with E-state index in [1.807, 2.05) is 43.3 Å². The van der Waals surface area contributed by atoms with E-state index in [2.05, 4.69) is 17.2 Å². The van der Waals surface area contributed by atoms with Crippen molar-refractivity contribution in [3.8, 4) is 11.4 Å². The first-order valence-corrected chi connectivity index (χ1v) is 9.30. The highest BCUT2D eigenvalue weighted by Crippen LogP contribution is 2.25. The van der Waals surface area contributed by atoms with Crippen LogP contribution in [0, 0.1) is 5.82 Å². The van der Waals surface area contributed by atoms with Gasteiger partial charge in [0.1, 0.15) is 17.7 Å². The highest BCUT2D eigenvalue weighted by molar-refractivity contribution is 5.81. The number of nitrogens with zero attached hydrogens (tertiary/aromatic N) is 2. The Labute approximate surface area is 163 Å². The molecule has 4 aromatic rings. The van der Waals surface area contributed by atoms with Crippen LogP contribution in [0.5, 0.6) is 5.75 Å². The van der Waals surface area contributed by atoms with E-state index in [0.717, 1.165) is 28.8 Å². The van der Waals surface area contributed by atoms with E-state index < -0.39 is 0 Å². The van der Waals surface area contributed by atoms with Gasteiger partial charge in [0.2, 0.25) is 0 Å². The summed E-state index contributed by atoms with van der Waals surface area (Å²) in [6.07, 6.45) is 2.39. The van der Waals surface area contributed by atoms with Crippen molar-refractivity contribution in [1.29, 1.82) is 0 Å². The summed E-state index contributed by atoms with van der Waals surface area (Å²) in [6, 6.07) is 22.2. The van der Waals surface area contributed by atoms with Crippen molar-refractivity contribution in [2.24, 2.45) is 5.73 Å². The summed E-state index contributed by atoms with van der Waals surface area (Å²) < 4.78 is 21.2. The lowest BCUT2D eigenvalue weighted by molar-refractivity contribution is 0.177. The van der Waals surface area contributed by atoms with Crippen LogP contribution in [-0.2, 0) is 6.42 Å². The number of aromatic nitrogens is 2. The van der Waals surface area contributed by atoms with E-state index in [1.165, 1.54) is 17.7 Å². The maximum atomic E-state index is 13.2. The molecule has 3 aromatic carbocycles. The molecule has 2 atom stereocenters. The van der Waals surface area contributed by atoms with Crippen LogP contribution in [-0.4, -0.2) is 21.9 Å². The van der Waals surface area contributed by atoms with Gasteiger partial charge in [-0.15, -0.1) is 0 Å². The maximum absolute atomic E-state index is 13.2. The summed E-state index contributed by atoms with van der Waals surface area (Å²) in [4.78, 5) is 0. The average molecular weight is 375 g/mol. The summed E-state index contributed by atoms with van der Waals surface area (Å²) in [5.74, 6) is 0.487. The van der Waals surface area contributed by atoms with Gasteiger partial charge in [-0.3, -0.25) is 0 Å². The molecule has 0 radical (unpaired) electrons. The topological polar surface area (TPSA) is 53.1 Å². The Bertz CT molecular complexity index is 1060. The number of hydrogen-bond donors (Lipinski definition) is 1. The average Bonchev–Trinajstić information content (AvgIpc) is 3.12. The van der Waals surface area contributed by atoms with Gasteiger partial charge in [-0.1, -0.05) is 30.3 Å². The zero-order valence-electron chi connectivity index (χ0n) is 15.6. The Balaban J connectivity index is 1.58.